The molecule has 1 aliphatic carbocycles. The quantitative estimate of drug-likeness (QED) is 0.725. The van der Waals surface area contributed by atoms with E-state index in [0.29, 0.717) is 23.7 Å². The lowest BCUT2D eigenvalue weighted by molar-refractivity contribution is 0.0927. The molecule has 0 atom stereocenters. The molecule has 4 rings (SSSR count). The number of hydrogen-bond donors (Lipinski definition) is 2. The average Bonchev–Trinajstić information content (AvgIpc) is 3.05. The summed E-state index contributed by atoms with van der Waals surface area (Å²) in [7, 11) is 0. The minimum atomic E-state index is -0.214. The molecule has 25 heavy (non-hydrogen) atoms. The third kappa shape index (κ3) is 3.08. The van der Waals surface area contributed by atoms with Gasteiger partial charge in [0.05, 0.1) is 18.6 Å². The summed E-state index contributed by atoms with van der Waals surface area (Å²) in [4.78, 5) is 12.7. The third-order valence-corrected chi connectivity index (χ3v) is 4.63. The Bertz CT molecular complexity index is 865. The van der Waals surface area contributed by atoms with Crippen molar-refractivity contribution in [1.82, 2.24) is 15.1 Å². The first-order chi connectivity index (χ1) is 12.2. The predicted octanol–water partition coefficient (Wildman–Crippen LogP) is 2.63. The molecule has 0 bridgehead atoms. The molecule has 2 aromatic heterocycles. The van der Waals surface area contributed by atoms with Crippen molar-refractivity contribution in [3.05, 3.63) is 60.5 Å². The number of aromatic nitrogens is 2. The van der Waals surface area contributed by atoms with Gasteiger partial charge in [0.25, 0.3) is 5.91 Å². The first-order valence-corrected chi connectivity index (χ1v) is 8.29. The van der Waals surface area contributed by atoms with Crippen LogP contribution in [0.1, 0.15) is 23.3 Å². The van der Waals surface area contributed by atoms with Crippen molar-refractivity contribution in [2.45, 2.75) is 12.8 Å². The minimum Gasteiger partial charge on any atom is -0.463 e. The number of furan rings is 1. The van der Waals surface area contributed by atoms with Crippen LogP contribution in [0, 0.1) is 5.41 Å². The summed E-state index contributed by atoms with van der Waals surface area (Å²) in [6, 6.07) is 14.8. The fraction of sp³-hybridized carbons (Fsp3) is 0.263. The highest BCUT2D eigenvalue weighted by Crippen LogP contribution is 2.44. The maximum absolute atomic E-state index is 12.7. The standard InChI is InChI=1S/C19H19N3O3/c23-13-19(8-9-19)12-20-18(24)16-11-15(17-7-4-10-25-17)21-22(16)14-5-2-1-3-6-14/h1-7,10-11,23H,8-9,12-13H2,(H,20,24). The molecule has 128 valence electrons. The van der Waals surface area contributed by atoms with Gasteiger partial charge >= 0.3 is 0 Å². The van der Waals surface area contributed by atoms with E-state index in [0.717, 1.165) is 18.5 Å². The molecule has 0 aliphatic heterocycles. The number of carbonyl (C=O) groups excluding carboxylic acids is 1. The van der Waals surface area contributed by atoms with Crippen LogP contribution in [-0.2, 0) is 0 Å². The SMILES string of the molecule is O=C(NCC1(CO)CC1)c1cc(-c2ccco2)nn1-c1ccccc1. The van der Waals surface area contributed by atoms with Gasteiger partial charge in [-0.25, -0.2) is 4.68 Å². The van der Waals surface area contributed by atoms with E-state index in [1.165, 1.54) is 0 Å². The summed E-state index contributed by atoms with van der Waals surface area (Å²) in [5, 5.41) is 16.9. The second kappa shape index (κ2) is 6.22. The average molecular weight is 337 g/mol. The van der Waals surface area contributed by atoms with Crippen molar-refractivity contribution in [1.29, 1.82) is 0 Å². The van der Waals surface area contributed by atoms with Gasteiger partial charge in [0, 0.05) is 18.0 Å². The van der Waals surface area contributed by atoms with E-state index in [-0.39, 0.29) is 17.9 Å². The number of amides is 1. The Morgan fingerprint density at radius 3 is 2.68 bits per heavy atom. The second-order valence-electron chi connectivity index (χ2n) is 6.48. The monoisotopic (exact) mass is 337 g/mol. The molecule has 3 aromatic rings. The first-order valence-electron chi connectivity index (χ1n) is 8.29. The van der Waals surface area contributed by atoms with E-state index in [9.17, 15) is 9.90 Å². The Labute approximate surface area is 145 Å². The summed E-state index contributed by atoms with van der Waals surface area (Å²) in [5.41, 5.74) is 1.69. The van der Waals surface area contributed by atoms with E-state index in [2.05, 4.69) is 10.4 Å². The Balaban J connectivity index is 1.66. The molecule has 0 unspecified atom stereocenters. The number of rotatable bonds is 6. The van der Waals surface area contributed by atoms with E-state index >= 15 is 0 Å². The molecular weight excluding hydrogens is 318 g/mol. The van der Waals surface area contributed by atoms with Gasteiger partial charge in [0.1, 0.15) is 11.4 Å². The van der Waals surface area contributed by atoms with Gasteiger partial charge in [-0.15, -0.1) is 0 Å². The van der Waals surface area contributed by atoms with Crippen molar-refractivity contribution in [3.8, 4) is 17.1 Å². The summed E-state index contributed by atoms with van der Waals surface area (Å²) in [6.45, 7) is 0.571. The van der Waals surface area contributed by atoms with Crippen LogP contribution in [0.25, 0.3) is 17.1 Å². The van der Waals surface area contributed by atoms with Gasteiger partial charge in [0.2, 0.25) is 0 Å². The smallest absolute Gasteiger partial charge is 0.270 e. The van der Waals surface area contributed by atoms with E-state index in [4.69, 9.17) is 4.42 Å². The van der Waals surface area contributed by atoms with Gasteiger partial charge in [-0.3, -0.25) is 4.79 Å². The number of para-hydroxylation sites is 1. The lowest BCUT2D eigenvalue weighted by Gasteiger charge is -2.13. The maximum Gasteiger partial charge on any atom is 0.270 e. The van der Waals surface area contributed by atoms with Crippen molar-refractivity contribution in [2.75, 3.05) is 13.2 Å². The van der Waals surface area contributed by atoms with Crippen LogP contribution in [0.4, 0.5) is 0 Å². The second-order valence-corrected chi connectivity index (χ2v) is 6.48. The molecule has 6 heteroatoms. The molecule has 1 amide bonds. The van der Waals surface area contributed by atoms with Gasteiger partial charge in [-0.05, 0) is 37.1 Å². The fourth-order valence-corrected chi connectivity index (χ4v) is 2.78. The Hall–Kier alpha value is -2.86. The van der Waals surface area contributed by atoms with E-state index in [1.54, 1.807) is 23.1 Å². The van der Waals surface area contributed by atoms with Crippen LogP contribution >= 0.6 is 0 Å². The van der Waals surface area contributed by atoms with E-state index in [1.807, 2.05) is 36.4 Å². The van der Waals surface area contributed by atoms with Crippen LogP contribution in [0.5, 0.6) is 0 Å². The number of benzene rings is 1. The summed E-state index contributed by atoms with van der Waals surface area (Å²) < 4.78 is 7.02. The van der Waals surface area contributed by atoms with E-state index < -0.39 is 0 Å². The highest BCUT2D eigenvalue weighted by molar-refractivity contribution is 5.94. The lowest BCUT2D eigenvalue weighted by atomic mass is 10.1. The zero-order chi connectivity index (χ0) is 17.3. The maximum atomic E-state index is 12.7. The zero-order valence-electron chi connectivity index (χ0n) is 13.7. The van der Waals surface area contributed by atoms with Crippen LogP contribution in [0.15, 0.2) is 59.2 Å². The summed E-state index contributed by atoms with van der Waals surface area (Å²) in [6.07, 6.45) is 3.47. The number of aliphatic hydroxyl groups excluding tert-OH is 1. The number of nitrogens with one attached hydrogen (secondary N) is 1. The fourth-order valence-electron chi connectivity index (χ4n) is 2.78. The third-order valence-electron chi connectivity index (χ3n) is 4.63. The summed E-state index contributed by atoms with van der Waals surface area (Å²) in [5.74, 6) is 0.395. The molecule has 0 radical (unpaired) electrons. The molecule has 0 saturated heterocycles. The summed E-state index contributed by atoms with van der Waals surface area (Å²) >= 11 is 0. The molecule has 1 fully saturated rings. The van der Waals surface area contributed by atoms with Crippen LogP contribution in [0.3, 0.4) is 0 Å². The number of nitrogens with zero attached hydrogens (tertiary/aromatic N) is 2. The van der Waals surface area contributed by atoms with Crippen LogP contribution in [0.2, 0.25) is 0 Å². The molecule has 2 N–H and O–H groups in total. The van der Waals surface area contributed by atoms with Crippen molar-refractivity contribution in [2.24, 2.45) is 5.41 Å². The largest absolute Gasteiger partial charge is 0.463 e. The number of aliphatic hydroxyl groups is 1. The molecule has 1 aliphatic rings. The van der Waals surface area contributed by atoms with Gasteiger partial charge in [0.15, 0.2) is 5.76 Å². The molecule has 1 saturated carbocycles. The lowest BCUT2D eigenvalue weighted by Crippen LogP contribution is -2.33. The highest BCUT2D eigenvalue weighted by Gasteiger charge is 2.42. The first kappa shape index (κ1) is 15.7. The normalized spacial score (nSPS) is 15.1. The van der Waals surface area contributed by atoms with Crippen LogP contribution < -0.4 is 5.32 Å². The number of carbonyl (C=O) groups is 1. The Morgan fingerprint density at radius 2 is 2.04 bits per heavy atom. The number of hydrogen-bond acceptors (Lipinski definition) is 4. The van der Waals surface area contributed by atoms with Gasteiger partial charge in [-0.1, -0.05) is 18.2 Å². The van der Waals surface area contributed by atoms with Gasteiger partial charge in [-0.2, -0.15) is 5.10 Å². The topological polar surface area (TPSA) is 80.3 Å². The molecule has 2 heterocycles. The minimum absolute atomic E-state index is 0.100. The Morgan fingerprint density at radius 1 is 1.24 bits per heavy atom. The van der Waals surface area contributed by atoms with Crippen molar-refractivity contribution < 1.29 is 14.3 Å². The van der Waals surface area contributed by atoms with Gasteiger partial charge < -0.3 is 14.8 Å². The van der Waals surface area contributed by atoms with Crippen molar-refractivity contribution in [3.63, 3.8) is 0 Å². The van der Waals surface area contributed by atoms with Crippen LogP contribution in [-0.4, -0.2) is 33.9 Å². The predicted molar refractivity (Wildman–Crippen MR) is 92.4 cm³/mol. The zero-order valence-corrected chi connectivity index (χ0v) is 13.7. The molecule has 1 aromatic carbocycles. The molecular formula is C19H19N3O3. The Kier molecular flexibility index (Phi) is 3.89. The highest BCUT2D eigenvalue weighted by atomic mass is 16.3. The molecule has 0 spiro atoms. The van der Waals surface area contributed by atoms with Crippen molar-refractivity contribution >= 4 is 5.91 Å². The molecule has 6 nitrogen and oxygen atoms in total.